The van der Waals surface area contributed by atoms with Gasteiger partial charge in [0, 0.05) is 33.9 Å². The van der Waals surface area contributed by atoms with E-state index in [1.54, 1.807) is 0 Å². The molecule has 71 heavy (non-hydrogen) atoms. The Bertz CT molecular complexity index is 2900. The van der Waals surface area contributed by atoms with Crippen LogP contribution in [0.5, 0.6) is 0 Å². The van der Waals surface area contributed by atoms with Gasteiger partial charge in [-0.3, -0.25) is 0 Å². The van der Waals surface area contributed by atoms with Crippen molar-refractivity contribution in [3.63, 3.8) is 0 Å². The average molecular weight is 933 g/mol. The molecule has 1 heterocycles. The van der Waals surface area contributed by atoms with E-state index >= 15 is 0 Å². The van der Waals surface area contributed by atoms with Crippen LogP contribution >= 0.6 is 0 Å². The molecule has 5 aromatic rings. The van der Waals surface area contributed by atoms with Gasteiger partial charge in [-0.1, -0.05) is 198 Å². The summed E-state index contributed by atoms with van der Waals surface area (Å²) in [7, 11) is 0. The van der Waals surface area contributed by atoms with Gasteiger partial charge in [0.15, 0.2) is 0 Å². The average Bonchev–Trinajstić information content (AvgIpc) is 3.60. The van der Waals surface area contributed by atoms with Crippen molar-refractivity contribution in [1.29, 1.82) is 0 Å². The van der Waals surface area contributed by atoms with Crippen LogP contribution in [0.4, 0.5) is 17.1 Å². The number of rotatable bonds is 14. The second-order valence-electron chi connectivity index (χ2n) is 19.0. The van der Waals surface area contributed by atoms with Gasteiger partial charge in [-0.25, -0.2) is 0 Å². The molecule has 2 nitrogen and oxygen atoms in total. The molecule has 5 aromatic carbocycles. The van der Waals surface area contributed by atoms with E-state index in [0.717, 1.165) is 62.0 Å². The summed E-state index contributed by atoms with van der Waals surface area (Å²) in [6.45, 7) is 33.1. The third-order valence-corrected chi connectivity index (χ3v) is 14.7. The van der Waals surface area contributed by atoms with Crippen molar-refractivity contribution in [3.8, 4) is 11.1 Å². The molecule has 0 aromatic heterocycles. The lowest BCUT2D eigenvalue weighted by atomic mass is 9.72. The number of aryl methyl sites for hydroxylation is 1. The van der Waals surface area contributed by atoms with Crippen molar-refractivity contribution in [2.45, 2.75) is 105 Å². The van der Waals surface area contributed by atoms with Crippen LogP contribution in [-0.2, 0) is 5.41 Å². The first-order valence-corrected chi connectivity index (χ1v) is 26.0. The molecule has 3 unspecified atom stereocenters. The Balaban J connectivity index is 0.000000852. The van der Waals surface area contributed by atoms with Crippen molar-refractivity contribution in [2.75, 3.05) is 9.80 Å². The summed E-state index contributed by atoms with van der Waals surface area (Å²) in [5.74, 6) is 0.376. The Morgan fingerprint density at radius 1 is 0.803 bits per heavy atom. The molecular weight excluding hydrogens is 857 g/mol. The molecule has 9 rings (SSSR count). The molecule has 0 saturated heterocycles. The highest BCUT2D eigenvalue weighted by atomic mass is 15.2. The summed E-state index contributed by atoms with van der Waals surface area (Å²) in [6, 6.07) is 43.8. The molecule has 0 bridgehead atoms. The normalized spacial score (nSPS) is 18.4. The maximum absolute atomic E-state index is 4.55. The number of nitrogens with zero attached hydrogens (tertiary/aromatic N) is 2. The van der Waals surface area contributed by atoms with E-state index in [4.69, 9.17) is 0 Å². The molecule has 4 aliphatic rings. The fourth-order valence-corrected chi connectivity index (χ4v) is 11.2. The number of hydrogen-bond donors (Lipinski definition) is 0. The number of allylic oxidation sites excluding steroid dienone is 15. The zero-order valence-electron chi connectivity index (χ0n) is 43.7. The molecule has 3 aliphatic carbocycles. The van der Waals surface area contributed by atoms with Crippen LogP contribution in [0.15, 0.2) is 254 Å². The van der Waals surface area contributed by atoms with Gasteiger partial charge in [-0.15, -0.1) is 0 Å². The fourth-order valence-electron chi connectivity index (χ4n) is 11.2. The Morgan fingerprint density at radius 3 is 2.14 bits per heavy atom. The minimum absolute atomic E-state index is 0.0116. The number of benzene rings is 5. The summed E-state index contributed by atoms with van der Waals surface area (Å²) < 4.78 is 0. The monoisotopic (exact) mass is 933 g/mol. The lowest BCUT2D eigenvalue weighted by Crippen LogP contribution is -2.32. The molecule has 3 atom stereocenters. The van der Waals surface area contributed by atoms with Crippen molar-refractivity contribution < 1.29 is 0 Å². The SMILES string of the molecule is C=C/C=C(/C/C=C\CCC(=C)C1=C(C=C)C=CCC1)C(C)N(c1ccc(N2C(=C)C=CC(C)C3=C2C=CCC3)cc1)c1c(C)cc2c(c1C)C(C)(c1ccccc1)c1ccccc1-2.CC.c1ccccc1. The maximum atomic E-state index is 4.55. The van der Waals surface area contributed by atoms with Crippen molar-refractivity contribution in [1.82, 2.24) is 0 Å². The van der Waals surface area contributed by atoms with E-state index in [0.29, 0.717) is 5.92 Å². The van der Waals surface area contributed by atoms with Crippen LogP contribution in [0.1, 0.15) is 107 Å². The standard InChI is InChI=1S/C61H64N2.C6H6.C2H6/c1-10-24-49(27-15-12-14-25-42(3)53-30-19-18-26-48(53)11-2)47(8)63(52-39-37-51(38-40-52)62-45(6)36-35-43(4)54-31-21-23-34-58(54)62)60-44(5)41-56-55-32-20-22-33-57(55)61(9,59(56)46(60)7)50-28-16-13-17-29-50;1-2-4-6-5-3-1;1-2/h10-13,15-18,20,22-24,26,28-29,32-41,43,47H,1-3,6,14,19,21,25,27,30-31H2,4-5,7-9H3;1-6H;1-2H3/b15-12-,49-24-;;. The third-order valence-electron chi connectivity index (χ3n) is 14.7. The van der Waals surface area contributed by atoms with Gasteiger partial charge in [0.05, 0.1) is 6.04 Å². The zero-order valence-corrected chi connectivity index (χ0v) is 43.7. The summed E-state index contributed by atoms with van der Waals surface area (Å²) >= 11 is 0. The number of hydrogen-bond acceptors (Lipinski definition) is 2. The molecule has 0 spiro atoms. The van der Waals surface area contributed by atoms with E-state index in [1.165, 1.54) is 78.2 Å². The molecule has 0 N–H and O–H groups in total. The molecule has 2 heteroatoms. The van der Waals surface area contributed by atoms with Gasteiger partial charge in [-0.05, 0) is 182 Å². The van der Waals surface area contributed by atoms with Gasteiger partial charge in [0.1, 0.15) is 0 Å². The van der Waals surface area contributed by atoms with Crippen LogP contribution in [0.3, 0.4) is 0 Å². The smallest absolute Gasteiger partial charge is 0.0529 e. The minimum Gasteiger partial charge on any atom is -0.334 e. The number of fused-ring (bicyclic) bond motifs is 3. The summed E-state index contributed by atoms with van der Waals surface area (Å²) in [5, 5.41) is 0. The lowest BCUT2D eigenvalue weighted by Gasteiger charge is -2.38. The quantitative estimate of drug-likeness (QED) is 0.0809. The Labute approximate surface area is 428 Å². The zero-order chi connectivity index (χ0) is 50.5. The Morgan fingerprint density at radius 2 is 1.45 bits per heavy atom. The van der Waals surface area contributed by atoms with Crippen LogP contribution in [0.25, 0.3) is 11.1 Å². The molecular formula is C69H76N2. The van der Waals surface area contributed by atoms with Gasteiger partial charge in [0.2, 0.25) is 0 Å². The van der Waals surface area contributed by atoms with Gasteiger partial charge >= 0.3 is 0 Å². The van der Waals surface area contributed by atoms with E-state index in [2.05, 4.69) is 210 Å². The maximum Gasteiger partial charge on any atom is 0.0529 e. The fraction of sp³-hybridized carbons (Fsp3) is 0.246. The highest BCUT2D eigenvalue weighted by Crippen LogP contribution is 2.56. The van der Waals surface area contributed by atoms with E-state index < -0.39 is 0 Å². The van der Waals surface area contributed by atoms with E-state index in [9.17, 15) is 0 Å². The van der Waals surface area contributed by atoms with Crippen molar-refractivity contribution in [3.05, 3.63) is 282 Å². The van der Waals surface area contributed by atoms with E-state index in [-0.39, 0.29) is 11.5 Å². The Hall–Kier alpha value is -7.16. The summed E-state index contributed by atoms with van der Waals surface area (Å²) in [4.78, 5) is 4.94. The highest BCUT2D eigenvalue weighted by molar-refractivity contribution is 5.89. The van der Waals surface area contributed by atoms with Crippen LogP contribution in [-0.4, -0.2) is 6.04 Å². The first-order valence-electron chi connectivity index (χ1n) is 26.0. The predicted molar refractivity (Wildman–Crippen MR) is 311 cm³/mol. The van der Waals surface area contributed by atoms with Crippen LogP contribution in [0.2, 0.25) is 0 Å². The summed E-state index contributed by atoms with van der Waals surface area (Å²) in [6.07, 6.45) is 31.3. The molecule has 362 valence electrons. The van der Waals surface area contributed by atoms with Crippen LogP contribution in [0, 0.1) is 19.8 Å². The largest absolute Gasteiger partial charge is 0.334 e. The highest BCUT2D eigenvalue weighted by Gasteiger charge is 2.43. The van der Waals surface area contributed by atoms with Crippen molar-refractivity contribution in [2.24, 2.45) is 5.92 Å². The topological polar surface area (TPSA) is 6.48 Å². The molecule has 0 fully saturated rings. The van der Waals surface area contributed by atoms with E-state index in [1.807, 2.05) is 62.4 Å². The molecule has 0 saturated carbocycles. The molecule has 1 aliphatic heterocycles. The number of anilines is 3. The second-order valence-corrected chi connectivity index (χ2v) is 19.0. The van der Waals surface area contributed by atoms with Crippen molar-refractivity contribution >= 4 is 17.1 Å². The van der Waals surface area contributed by atoms with Gasteiger partial charge < -0.3 is 9.80 Å². The molecule has 0 radical (unpaired) electrons. The molecule has 0 amide bonds. The second kappa shape index (κ2) is 24.1. The first kappa shape index (κ1) is 51.7. The minimum atomic E-state index is -0.321. The first-order chi connectivity index (χ1) is 34.6. The Kier molecular flexibility index (Phi) is 17.5. The van der Waals surface area contributed by atoms with Gasteiger partial charge in [0.25, 0.3) is 0 Å². The predicted octanol–water partition coefficient (Wildman–Crippen LogP) is 19.2. The third kappa shape index (κ3) is 10.9. The summed E-state index contributed by atoms with van der Waals surface area (Å²) in [5.41, 5.74) is 21.3. The van der Waals surface area contributed by atoms with Crippen LogP contribution < -0.4 is 9.80 Å². The van der Waals surface area contributed by atoms with Gasteiger partial charge in [-0.2, -0.15) is 0 Å². The lowest BCUT2D eigenvalue weighted by molar-refractivity contribution is 0.705.